The molecule has 0 aliphatic carbocycles. The monoisotopic (exact) mass is 297 g/mol. The summed E-state index contributed by atoms with van der Waals surface area (Å²) in [6.45, 7) is 6.69. The molecule has 22 heavy (non-hydrogen) atoms. The average molecular weight is 297 g/mol. The molecule has 0 fully saturated rings. The summed E-state index contributed by atoms with van der Waals surface area (Å²) in [5.74, 6) is 0.0565. The van der Waals surface area contributed by atoms with E-state index in [1.54, 1.807) is 0 Å². The Kier molecular flexibility index (Phi) is 6.47. The number of benzene rings is 2. The zero-order chi connectivity index (χ0) is 15.8. The third-order valence-electron chi connectivity index (χ3n) is 4.21. The Balaban J connectivity index is 2.16. The molecule has 2 aromatic rings. The lowest BCUT2D eigenvalue weighted by Gasteiger charge is -2.24. The molecule has 0 spiro atoms. The third kappa shape index (κ3) is 4.11. The van der Waals surface area contributed by atoms with Crippen LogP contribution in [0, 0.1) is 0 Å². The molecular formula is C20H27NO. The summed E-state index contributed by atoms with van der Waals surface area (Å²) in [4.78, 5) is 2.41. The molecule has 2 rings (SSSR count). The summed E-state index contributed by atoms with van der Waals surface area (Å²) >= 11 is 0. The summed E-state index contributed by atoms with van der Waals surface area (Å²) in [6.07, 6.45) is 2.44. The summed E-state index contributed by atoms with van der Waals surface area (Å²) in [6, 6.07) is 18.9. The minimum absolute atomic E-state index is 0.0565. The normalized spacial score (nSPS) is 12.1. The van der Waals surface area contributed by atoms with E-state index in [2.05, 4.69) is 55.1 Å². The van der Waals surface area contributed by atoms with Crippen LogP contribution in [0.4, 0.5) is 5.69 Å². The van der Waals surface area contributed by atoms with Gasteiger partial charge in [-0.2, -0.15) is 0 Å². The lowest BCUT2D eigenvalue weighted by molar-refractivity contribution is 0.280. The highest BCUT2D eigenvalue weighted by molar-refractivity contribution is 5.49. The van der Waals surface area contributed by atoms with Crippen LogP contribution in [0.15, 0.2) is 54.6 Å². The van der Waals surface area contributed by atoms with E-state index < -0.39 is 0 Å². The zero-order valence-electron chi connectivity index (χ0n) is 13.7. The molecule has 118 valence electrons. The smallest absolute Gasteiger partial charge is 0.0540 e. The Hall–Kier alpha value is -1.80. The average Bonchev–Trinajstić information content (AvgIpc) is 2.58. The van der Waals surface area contributed by atoms with Crippen LogP contribution in [0.3, 0.4) is 0 Å². The van der Waals surface area contributed by atoms with Gasteiger partial charge in [0, 0.05) is 24.7 Å². The third-order valence-corrected chi connectivity index (χ3v) is 4.21. The summed E-state index contributed by atoms with van der Waals surface area (Å²) < 4.78 is 0. The molecule has 1 unspecified atom stereocenters. The van der Waals surface area contributed by atoms with E-state index in [9.17, 15) is 5.11 Å². The maximum Gasteiger partial charge on any atom is 0.0540 e. The van der Waals surface area contributed by atoms with Crippen LogP contribution in [-0.2, 0) is 0 Å². The molecule has 1 atom stereocenters. The van der Waals surface area contributed by atoms with Crippen LogP contribution in [0.5, 0.6) is 0 Å². The van der Waals surface area contributed by atoms with Crippen LogP contribution in [0.2, 0.25) is 0 Å². The predicted octanol–water partition coefficient (Wildman–Crippen LogP) is 4.44. The molecule has 0 amide bonds. The molecule has 0 bridgehead atoms. The van der Waals surface area contributed by atoms with Gasteiger partial charge >= 0.3 is 0 Å². The first-order valence-electron chi connectivity index (χ1n) is 8.30. The number of hydrogen-bond acceptors (Lipinski definition) is 2. The largest absolute Gasteiger partial charge is 0.395 e. The second-order valence-corrected chi connectivity index (χ2v) is 5.67. The van der Waals surface area contributed by atoms with Gasteiger partial charge in [0.25, 0.3) is 0 Å². The Bertz CT molecular complexity index is 535. The predicted molar refractivity (Wildman–Crippen MR) is 94.6 cm³/mol. The Morgan fingerprint density at radius 2 is 1.55 bits per heavy atom. The Morgan fingerprint density at radius 3 is 2.09 bits per heavy atom. The highest BCUT2D eigenvalue weighted by Crippen LogP contribution is 2.26. The fourth-order valence-electron chi connectivity index (χ4n) is 2.82. The molecule has 0 saturated heterocycles. The van der Waals surface area contributed by atoms with Crippen molar-refractivity contribution in [2.24, 2.45) is 0 Å². The maximum atomic E-state index is 9.76. The molecule has 1 N–H and O–H groups in total. The van der Waals surface area contributed by atoms with Gasteiger partial charge in [0.2, 0.25) is 0 Å². The van der Waals surface area contributed by atoms with Gasteiger partial charge < -0.3 is 10.0 Å². The summed E-state index contributed by atoms with van der Waals surface area (Å²) in [7, 11) is 0. The van der Waals surface area contributed by atoms with E-state index in [-0.39, 0.29) is 12.5 Å². The molecule has 0 heterocycles. The van der Waals surface area contributed by atoms with Crippen molar-refractivity contribution in [1.82, 2.24) is 0 Å². The molecule has 0 radical (unpaired) electrons. The topological polar surface area (TPSA) is 23.5 Å². The number of anilines is 1. The molecule has 2 nitrogen and oxygen atoms in total. The van der Waals surface area contributed by atoms with Crippen LogP contribution in [-0.4, -0.2) is 24.8 Å². The molecule has 2 aromatic carbocycles. The first kappa shape index (κ1) is 16.6. The maximum absolute atomic E-state index is 9.76. The number of aliphatic hydroxyl groups is 1. The molecule has 0 saturated carbocycles. The Labute approximate surface area is 134 Å². The second-order valence-electron chi connectivity index (χ2n) is 5.67. The van der Waals surface area contributed by atoms with E-state index in [1.807, 2.05) is 18.2 Å². The van der Waals surface area contributed by atoms with Gasteiger partial charge in [0.05, 0.1) is 6.61 Å². The fraction of sp³-hybridized carbons (Fsp3) is 0.400. The SMILES string of the molecule is CCCCN(CC)c1ccc(C(CO)c2ccccc2)cc1. The number of unbranched alkanes of at least 4 members (excludes halogenated alkanes) is 1. The van der Waals surface area contributed by atoms with Gasteiger partial charge in [-0.1, -0.05) is 55.8 Å². The van der Waals surface area contributed by atoms with Crippen molar-refractivity contribution < 1.29 is 5.11 Å². The van der Waals surface area contributed by atoms with Gasteiger partial charge in [-0.25, -0.2) is 0 Å². The van der Waals surface area contributed by atoms with Crippen molar-refractivity contribution in [3.8, 4) is 0 Å². The van der Waals surface area contributed by atoms with Crippen LogP contribution >= 0.6 is 0 Å². The number of aliphatic hydroxyl groups excluding tert-OH is 1. The number of rotatable bonds is 8. The van der Waals surface area contributed by atoms with Gasteiger partial charge in [-0.3, -0.25) is 0 Å². The lowest BCUT2D eigenvalue weighted by atomic mass is 9.92. The van der Waals surface area contributed by atoms with Gasteiger partial charge in [0.1, 0.15) is 0 Å². The number of nitrogens with zero attached hydrogens (tertiary/aromatic N) is 1. The van der Waals surface area contributed by atoms with Crippen molar-refractivity contribution in [2.45, 2.75) is 32.6 Å². The van der Waals surface area contributed by atoms with Gasteiger partial charge in [-0.15, -0.1) is 0 Å². The molecule has 0 aromatic heterocycles. The van der Waals surface area contributed by atoms with Crippen LogP contribution in [0.1, 0.15) is 43.7 Å². The molecule has 0 aliphatic rings. The van der Waals surface area contributed by atoms with Crippen molar-refractivity contribution in [1.29, 1.82) is 0 Å². The quantitative estimate of drug-likeness (QED) is 0.779. The highest BCUT2D eigenvalue weighted by atomic mass is 16.3. The Morgan fingerprint density at radius 1 is 0.909 bits per heavy atom. The van der Waals surface area contributed by atoms with E-state index in [4.69, 9.17) is 0 Å². The van der Waals surface area contributed by atoms with Crippen LogP contribution in [0.25, 0.3) is 0 Å². The second kappa shape index (κ2) is 8.60. The van der Waals surface area contributed by atoms with Gasteiger partial charge in [0.15, 0.2) is 0 Å². The molecule has 2 heteroatoms. The first-order chi connectivity index (χ1) is 10.8. The van der Waals surface area contributed by atoms with Crippen LogP contribution < -0.4 is 4.90 Å². The molecule has 0 aliphatic heterocycles. The minimum Gasteiger partial charge on any atom is -0.395 e. The zero-order valence-corrected chi connectivity index (χ0v) is 13.7. The van der Waals surface area contributed by atoms with Crippen molar-refractivity contribution >= 4 is 5.69 Å². The van der Waals surface area contributed by atoms with E-state index in [0.717, 1.165) is 18.7 Å². The van der Waals surface area contributed by atoms with Crippen molar-refractivity contribution in [2.75, 3.05) is 24.6 Å². The van der Waals surface area contributed by atoms with E-state index in [0.29, 0.717) is 0 Å². The fourth-order valence-corrected chi connectivity index (χ4v) is 2.82. The van der Waals surface area contributed by atoms with Crippen molar-refractivity contribution in [3.63, 3.8) is 0 Å². The first-order valence-corrected chi connectivity index (χ1v) is 8.30. The lowest BCUT2D eigenvalue weighted by Crippen LogP contribution is -2.23. The summed E-state index contributed by atoms with van der Waals surface area (Å²) in [5, 5.41) is 9.76. The summed E-state index contributed by atoms with van der Waals surface area (Å²) in [5.41, 5.74) is 3.60. The minimum atomic E-state index is 0.0565. The van der Waals surface area contributed by atoms with E-state index >= 15 is 0 Å². The number of hydrogen-bond donors (Lipinski definition) is 1. The van der Waals surface area contributed by atoms with E-state index in [1.165, 1.54) is 24.1 Å². The highest BCUT2D eigenvalue weighted by Gasteiger charge is 2.13. The molecular weight excluding hydrogens is 270 g/mol. The van der Waals surface area contributed by atoms with Crippen molar-refractivity contribution in [3.05, 3.63) is 65.7 Å². The standard InChI is InChI=1S/C20H27NO/c1-3-5-15-21(4-2)19-13-11-18(12-14-19)20(16-22)17-9-7-6-8-10-17/h6-14,20,22H,3-5,15-16H2,1-2H3. The van der Waals surface area contributed by atoms with Gasteiger partial charge in [-0.05, 0) is 36.6 Å².